The highest BCUT2D eigenvalue weighted by Gasteiger charge is 2.22. The summed E-state index contributed by atoms with van der Waals surface area (Å²) in [4.78, 5) is 40.7. The van der Waals surface area contributed by atoms with Crippen LogP contribution in [0.15, 0.2) is 51.3 Å². The molecule has 7 nitrogen and oxygen atoms in total. The van der Waals surface area contributed by atoms with E-state index >= 15 is 0 Å². The highest BCUT2D eigenvalue weighted by molar-refractivity contribution is 6.54. The average Bonchev–Trinajstić information content (AvgIpc) is 3.18. The molecule has 2 heterocycles. The minimum Gasteiger partial charge on any atom is -0.477 e. The summed E-state index contributed by atoms with van der Waals surface area (Å²) in [6.07, 6.45) is 2.38. The van der Waals surface area contributed by atoms with Crippen molar-refractivity contribution >= 4 is 86.5 Å². The second kappa shape index (κ2) is 9.19. The fourth-order valence-corrected chi connectivity index (χ4v) is 4.15. The van der Waals surface area contributed by atoms with Crippen LogP contribution in [0.3, 0.4) is 0 Å². The summed E-state index contributed by atoms with van der Waals surface area (Å²) in [6.45, 7) is 0.456. The van der Waals surface area contributed by atoms with E-state index in [0.717, 1.165) is 5.57 Å². The molecule has 0 saturated heterocycles. The molecule has 3 aromatic rings. The molecule has 0 aliphatic carbocycles. The lowest BCUT2D eigenvalue weighted by atomic mass is 10.1. The quantitative estimate of drug-likeness (QED) is 0.447. The third-order valence-electron chi connectivity index (χ3n) is 5.00. The van der Waals surface area contributed by atoms with Crippen LogP contribution in [0, 0.1) is 0 Å². The van der Waals surface area contributed by atoms with Gasteiger partial charge in [-0.15, -0.1) is 0 Å². The Balaban J connectivity index is 1.76. The Kier molecular flexibility index (Phi) is 6.50. The number of nitrogens with zero attached hydrogens (tertiary/aromatic N) is 2. The molecular formula is C22H13Cl4N3O4. The number of carboxylic acids is 1. The number of anilines is 1. The first-order chi connectivity index (χ1) is 15.7. The Hall–Kier alpha value is -2.84. The summed E-state index contributed by atoms with van der Waals surface area (Å²) in [5.41, 5.74) is 1.80. The highest BCUT2D eigenvalue weighted by Crippen LogP contribution is 2.33. The molecule has 2 aromatic carbocycles. The van der Waals surface area contributed by atoms with Crippen LogP contribution in [0.1, 0.15) is 17.8 Å². The predicted octanol–water partition coefficient (Wildman–Crippen LogP) is 5.36. The van der Waals surface area contributed by atoms with Crippen LogP contribution in [-0.4, -0.2) is 26.5 Å². The van der Waals surface area contributed by atoms with Crippen LogP contribution in [0.4, 0.5) is 5.69 Å². The van der Waals surface area contributed by atoms with Gasteiger partial charge in [-0.05, 0) is 48.4 Å². The lowest BCUT2D eigenvalue weighted by Gasteiger charge is -2.09. The fraction of sp³-hybridized carbons (Fsp3) is 0.0909. The van der Waals surface area contributed by atoms with Gasteiger partial charge in [0.15, 0.2) is 0 Å². The Bertz CT molecular complexity index is 1440. The first-order valence-electron chi connectivity index (χ1n) is 9.47. The number of aliphatic carboxylic acids is 1. The van der Waals surface area contributed by atoms with E-state index in [9.17, 15) is 14.4 Å². The number of carbonyl (C=O) groups excluding carboxylic acids is 1. The predicted molar refractivity (Wildman–Crippen MR) is 130 cm³/mol. The monoisotopic (exact) mass is 523 g/mol. The van der Waals surface area contributed by atoms with E-state index in [1.807, 2.05) is 6.08 Å². The van der Waals surface area contributed by atoms with Crippen molar-refractivity contribution in [2.45, 2.75) is 13.0 Å². The molecule has 168 valence electrons. The Morgan fingerprint density at radius 3 is 2.45 bits per heavy atom. The third-order valence-corrected chi connectivity index (χ3v) is 6.47. The van der Waals surface area contributed by atoms with Gasteiger partial charge in [-0.1, -0.05) is 52.5 Å². The number of hydrogen-bond donors (Lipinski definition) is 2. The lowest BCUT2D eigenvalue weighted by molar-refractivity contribution is -0.132. The van der Waals surface area contributed by atoms with Crippen molar-refractivity contribution in [3.05, 3.63) is 78.2 Å². The number of fused-ring (bicyclic) bond motifs is 2. The van der Waals surface area contributed by atoms with Crippen LogP contribution in [0.2, 0.25) is 10.0 Å². The van der Waals surface area contributed by atoms with Crippen LogP contribution < -0.4 is 10.9 Å². The highest BCUT2D eigenvalue weighted by atomic mass is 35.5. The van der Waals surface area contributed by atoms with Crippen LogP contribution in [0.25, 0.3) is 22.6 Å². The number of carboxylic acid groups (broad SMARTS) is 1. The molecule has 2 N–H and O–H groups in total. The van der Waals surface area contributed by atoms with Crippen molar-refractivity contribution in [3.63, 3.8) is 0 Å². The molecule has 1 aliphatic heterocycles. The van der Waals surface area contributed by atoms with Gasteiger partial charge in [0.1, 0.15) is 15.9 Å². The lowest BCUT2D eigenvalue weighted by Crippen LogP contribution is -2.21. The van der Waals surface area contributed by atoms with Crippen molar-refractivity contribution in [1.82, 2.24) is 9.55 Å². The maximum absolute atomic E-state index is 13.0. The molecule has 0 unspecified atom stereocenters. The maximum atomic E-state index is 13.0. The number of amides is 1. The van der Waals surface area contributed by atoms with E-state index in [2.05, 4.69) is 10.3 Å². The number of halogens is 4. The first-order valence-corrected chi connectivity index (χ1v) is 11.0. The summed E-state index contributed by atoms with van der Waals surface area (Å²) < 4.78 is 1.57. The number of benzene rings is 2. The molecule has 1 aromatic heterocycles. The molecule has 11 heteroatoms. The van der Waals surface area contributed by atoms with Crippen molar-refractivity contribution in [2.75, 3.05) is 5.32 Å². The summed E-state index contributed by atoms with van der Waals surface area (Å²) in [6, 6.07) is 9.70. The summed E-state index contributed by atoms with van der Waals surface area (Å²) in [5, 5.41) is 11.2. The summed E-state index contributed by atoms with van der Waals surface area (Å²) >= 11 is 23.8. The van der Waals surface area contributed by atoms with Crippen molar-refractivity contribution < 1.29 is 14.7 Å². The van der Waals surface area contributed by atoms with Gasteiger partial charge in [-0.25, -0.2) is 9.78 Å². The van der Waals surface area contributed by atoms with Gasteiger partial charge in [0.25, 0.3) is 11.5 Å². The van der Waals surface area contributed by atoms with E-state index in [0.29, 0.717) is 45.3 Å². The molecule has 0 bridgehead atoms. The Morgan fingerprint density at radius 2 is 1.79 bits per heavy atom. The number of carbonyl (C=O) groups is 2. The number of nitrogens with one attached hydrogen (secondary N) is 1. The van der Waals surface area contributed by atoms with E-state index in [4.69, 9.17) is 51.5 Å². The van der Waals surface area contributed by atoms with Gasteiger partial charge in [-0.3, -0.25) is 14.2 Å². The normalized spacial score (nSPS) is 14.8. The molecule has 0 fully saturated rings. The Labute approximate surface area is 206 Å². The van der Waals surface area contributed by atoms with Crippen molar-refractivity contribution in [1.29, 1.82) is 0 Å². The van der Waals surface area contributed by atoms with Crippen LogP contribution >= 0.6 is 46.4 Å². The molecule has 1 amide bonds. The van der Waals surface area contributed by atoms with Gasteiger partial charge in [0, 0.05) is 27.8 Å². The molecule has 33 heavy (non-hydrogen) atoms. The maximum Gasteiger partial charge on any atom is 0.349 e. The molecule has 0 saturated carbocycles. The van der Waals surface area contributed by atoms with Gasteiger partial charge in [-0.2, -0.15) is 0 Å². The number of aromatic nitrogens is 2. The molecule has 4 rings (SSSR count). The second-order valence-electron chi connectivity index (χ2n) is 7.07. The summed E-state index contributed by atoms with van der Waals surface area (Å²) in [5.74, 6) is -1.97. The molecular weight excluding hydrogens is 512 g/mol. The minimum absolute atomic E-state index is 0.228. The Morgan fingerprint density at radius 1 is 1.09 bits per heavy atom. The van der Waals surface area contributed by atoms with Crippen molar-refractivity contribution in [2.24, 2.45) is 0 Å². The fourth-order valence-electron chi connectivity index (χ4n) is 3.43. The third kappa shape index (κ3) is 4.50. The summed E-state index contributed by atoms with van der Waals surface area (Å²) in [7, 11) is 0. The molecule has 0 spiro atoms. The zero-order valence-electron chi connectivity index (χ0n) is 16.5. The zero-order chi connectivity index (χ0) is 23.9. The number of allylic oxidation sites excluding steroid dienone is 1. The topological polar surface area (TPSA) is 101 Å². The minimum atomic E-state index is -1.53. The van der Waals surface area contributed by atoms with E-state index in [1.54, 1.807) is 22.8 Å². The smallest absolute Gasteiger partial charge is 0.349 e. The van der Waals surface area contributed by atoms with Gasteiger partial charge < -0.3 is 10.4 Å². The molecule has 0 radical (unpaired) electrons. The van der Waals surface area contributed by atoms with Crippen LogP contribution in [-0.2, 0) is 16.1 Å². The number of rotatable bonds is 4. The average molecular weight is 525 g/mol. The first kappa shape index (κ1) is 23.3. The molecule has 1 aliphatic rings. The van der Waals surface area contributed by atoms with Crippen molar-refractivity contribution in [3.8, 4) is 0 Å². The second-order valence-corrected chi connectivity index (χ2v) is 8.64. The van der Waals surface area contributed by atoms with Crippen LogP contribution in [0.5, 0.6) is 0 Å². The van der Waals surface area contributed by atoms with E-state index < -0.39 is 21.9 Å². The zero-order valence-corrected chi connectivity index (χ0v) is 19.6. The standard InChI is InChI=1S/C22H13Cl4N3O4/c23-14-2-1-3-15(24)13(14)8-10-6-7-29-19(10)28-16-9-11(4-5-12(16)21(29)31)27-20(30)17(25)18(26)22(32)33/h1-5,8-9H,6-7H2,(H,27,30)(H,32,33). The van der Waals surface area contributed by atoms with Gasteiger partial charge in [0.05, 0.1) is 10.9 Å². The van der Waals surface area contributed by atoms with Gasteiger partial charge in [0.2, 0.25) is 0 Å². The van der Waals surface area contributed by atoms with E-state index in [1.165, 1.54) is 18.2 Å². The molecule has 0 atom stereocenters. The number of hydrogen-bond acceptors (Lipinski definition) is 4. The van der Waals surface area contributed by atoms with Gasteiger partial charge >= 0.3 is 5.97 Å². The largest absolute Gasteiger partial charge is 0.477 e. The SMILES string of the molecule is O=C(O)C(Cl)=C(Cl)C(=O)Nc1ccc2c(=O)n3c(nc2c1)C(=Cc1c(Cl)cccc1Cl)CC3. The van der Waals surface area contributed by atoms with E-state index in [-0.39, 0.29) is 11.2 Å².